The van der Waals surface area contributed by atoms with Crippen molar-refractivity contribution >= 4 is 11.4 Å². The summed E-state index contributed by atoms with van der Waals surface area (Å²) in [6, 6.07) is 0. The number of anilines is 2. The molecule has 0 aromatic carbocycles. The number of nitrogens with zero attached hydrogens (tertiary/aromatic N) is 2. The molecule has 0 aliphatic carbocycles. The summed E-state index contributed by atoms with van der Waals surface area (Å²) in [5.74, 6) is 0. The Morgan fingerprint density at radius 3 is 2.62 bits per heavy atom. The van der Waals surface area contributed by atoms with Crippen molar-refractivity contribution in [1.82, 2.24) is 4.98 Å². The Bertz CT molecular complexity index is 283. The summed E-state index contributed by atoms with van der Waals surface area (Å²) in [4.78, 5) is 6.14. The number of rotatable bonds is 3. The highest BCUT2D eigenvalue weighted by Gasteiger charge is 2.07. The Balaban J connectivity index is 3.19. The Morgan fingerprint density at radius 1 is 1.46 bits per heavy atom. The van der Waals surface area contributed by atoms with Crippen LogP contribution in [0.1, 0.15) is 5.56 Å². The number of nitrogens with one attached hydrogen (secondary N) is 1. The molecule has 1 rings (SSSR count). The van der Waals surface area contributed by atoms with Crippen molar-refractivity contribution in [3.05, 3.63) is 18.0 Å². The summed E-state index contributed by atoms with van der Waals surface area (Å²) in [6.45, 7) is 0.520. The zero-order valence-electron chi connectivity index (χ0n) is 8.33. The van der Waals surface area contributed by atoms with E-state index in [-0.39, 0.29) is 0 Å². The first-order chi connectivity index (χ1) is 6.20. The second-order valence-electron chi connectivity index (χ2n) is 3.03. The molecule has 4 nitrogen and oxygen atoms in total. The largest absolute Gasteiger partial charge is 0.387 e. The van der Waals surface area contributed by atoms with Crippen molar-refractivity contribution in [2.75, 3.05) is 31.4 Å². The van der Waals surface area contributed by atoms with E-state index >= 15 is 0 Å². The zero-order chi connectivity index (χ0) is 9.84. The van der Waals surface area contributed by atoms with Crippen LogP contribution in [0.5, 0.6) is 0 Å². The van der Waals surface area contributed by atoms with Crippen molar-refractivity contribution in [3.63, 3.8) is 0 Å². The predicted molar refractivity (Wildman–Crippen MR) is 56.0 cm³/mol. The molecule has 0 spiro atoms. The van der Waals surface area contributed by atoms with E-state index in [0.717, 1.165) is 16.9 Å². The highest BCUT2D eigenvalue weighted by atomic mass is 15.1. The molecular formula is C9H16N4. The van der Waals surface area contributed by atoms with E-state index in [4.69, 9.17) is 5.73 Å². The fraction of sp³-hybridized carbons (Fsp3) is 0.444. The Kier molecular flexibility index (Phi) is 3.08. The van der Waals surface area contributed by atoms with Gasteiger partial charge < -0.3 is 16.0 Å². The van der Waals surface area contributed by atoms with Crippen LogP contribution in [0.4, 0.5) is 11.4 Å². The normalized spacial score (nSPS) is 9.85. The van der Waals surface area contributed by atoms with Gasteiger partial charge in [-0.1, -0.05) is 0 Å². The SMILES string of the molecule is CNc1cncc(N(C)C)c1CN. The van der Waals surface area contributed by atoms with Crippen molar-refractivity contribution in [2.45, 2.75) is 6.54 Å². The van der Waals surface area contributed by atoms with Gasteiger partial charge in [-0.15, -0.1) is 0 Å². The second kappa shape index (κ2) is 4.09. The molecule has 0 saturated heterocycles. The van der Waals surface area contributed by atoms with Crippen LogP contribution < -0.4 is 16.0 Å². The van der Waals surface area contributed by atoms with Crippen molar-refractivity contribution in [1.29, 1.82) is 0 Å². The highest BCUT2D eigenvalue weighted by molar-refractivity contribution is 5.63. The van der Waals surface area contributed by atoms with E-state index in [9.17, 15) is 0 Å². The Morgan fingerprint density at radius 2 is 2.15 bits per heavy atom. The first kappa shape index (κ1) is 9.80. The average Bonchev–Trinajstić information content (AvgIpc) is 2.16. The van der Waals surface area contributed by atoms with Crippen LogP contribution in [0.25, 0.3) is 0 Å². The van der Waals surface area contributed by atoms with Gasteiger partial charge in [-0.05, 0) is 0 Å². The van der Waals surface area contributed by atoms with Crippen LogP contribution >= 0.6 is 0 Å². The van der Waals surface area contributed by atoms with Gasteiger partial charge in [-0.3, -0.25) is 4.98 Å². The molecular weight excluding hydrogens is 164 g/mol. The molecule has 0 aliphatic rings. The molecule has 0 atom stereocenters. The molecule has 0 fully saturated rings. The summed E-state index contributed by atoms with van der Waals surface area (Å²) >= 11 is 0. The summed E-state index contributed by atoms with van der Waals surface area (Å²) in [5.41, 5.74) is 8.83. The molecule has 0 saturated carbocycles. The molecule has 0 radical (unpaired) electrons. The van der Waals surface area contributed by atoms with E-state index in [1.54, 1.807) is 6.20 Å². The number of pyridine rings is 1. The van der Waals surface area contributed by atoms with E-state index in [1.165, 1.54) is 0 Å². The fourth-order valence-corrected chi connectivity index (χ4v) is 1.29. The van der Waals surface area contributed by atoms with E-state index in [2.05, 4.69) is 10.3 Å². The number of aromatic nitrogens is 1. The molecule has 0 unspecified atom stereocenters. The van der Waals surface area contributed by atoms with Gasteiger partial charge in [-0.2, -0.15) is 0 Å². The standard InChI is InChI=1S/C9H16N4/c1-11-8-5-12-6-9(13(2)3)7(8)4-10/h5-6,11H,4,10H2,1-3H3. The summed E-state index contributed by atoms with van der Waals surface area (Å²) in [7, 11) is 5.83. The molecule has 72 valence electrons. The van der Waals surface area contributed by atoms with Crippen LogP contribution in [0.3, 0.4) is 0 Å². The minimum absolute atomic E-state index is 0.520. The number of hydrogen-bond acceptors (Lipinski definition) is 4. The average molecular weight is 180 g/mol. The van der Waals surface area contributed by atoms with Crippen LogP contribution in [0.2, 0.25) is 0 Å². The van der Waals surface area contributed by atoms with Crippen LogP contribution in [-0.4, -0.2) is 26.1 Å². The molecule has 4 heteroatoms. The minimum Gasteiger partial charge on any atom is -0.387 e. The van der Waals surface area contributed by atoms with Crippen LogP contribution in [0.15, 0.2) is 12.4 Å². The molecule has 0 amide bonds. The van der Waals surface area contributed by atoms with Crippen molar-refractivity contribution in [3.8, 4) is 0 Å². The molecule has 0 bridgehead atoms. The van der Waals surface area contributed by atoms with Crippen molar-refractivity contribution < 1.29 is 0 Å². The molecule has 3 N–H and O–H groups in total. The van der Waals surface area contributed by atoms with E-state index in [0.29, 0.717) is 6.54 Å². The van der Waals surface area contributed by atoms with Gasteiger partial charge in [-0.25, -0.2) is 0 Å². The van der Waals surface area contributed by atoms with Crippen LogP contribution in [0, 0.1) is 0 Å². The summed E-state index contributed by atoms with van der Waals surface area (Å²) < 4.78 is 0. The summed E-state index contributed by atoms with van der Waals surface area (Å²) in [6.07, 6.45) is 3.61. The van der Waals surface area contributed by atoms with E-state index < -0.39 is 0 Å². The molecule has 1 aromatic rings. The molecule has 0 aliphatic heterocycles. The lowest BCUT2D eigenvalue weighted by atomic mass is 10.2. The number of nitrogens with two attached hydrogens (primary N) is 1. The maximum atomic E-state index is 5.67. The first-order valence-corrected chi connectivity index (χ1v) is 4.22. The van der Waals surface area contributed by atoms with Gasteiger partial charge in [0.2, 0.25) is 0 Å². The van der Waals surface area contributed by atoms with Gasteiger partial charge in [0.25, 0.3) is 0 Å². The van der Waals surface area contributed by atoms with Crippen LogP contribution in [-0.2, 0) is 6.54 Å². The minimum atomic E-state index is 0.520. The quantitative estimate of drug-likeness (QED) is 0.717. The zero-order valence-corrected chi connectivity index (χ0v) is 8.33. The second-order valence-corrected chi connectivity index (χ2v) is 3.03. The topological polar surface area (TPSA) is 54.2 Å². The molecule has 13 heavy (non-hydrogen) atoms. The van der Waals surface area contributed by atoms with Gasteiger partial charge in [0, 0.05) is 33.3 Å². The number of hydrogen-bond donors (Lipinski definition) is 2. The molecule has 1 heterocycles. The van der Waals surface area contributed by atoms with Gasteiger partial charge in [0.1, 0.15) is 0 Å². The third kappa shape index (κ3) is 1.89. The Hall–Kier alpha value is -1.29. The lowest BCUT2D eigenvalue weighted by molar-refractivity contribution is 1.01. The lowest BCUT2D eigenvalue weighted by Gasteiger charge is -2.18. The maximum absolute atomic E-state index is 5.67. The summed E-state index contributed by atoms with van der Waals surface area (Å²) in [5, 5.41) is 3.07. The Labute approximate surface area is 78.8 Å². The highest BCUT2D eigenvalue weighted by Crippen LogP contribution is 2.23. The fourth-order valence-electron chi connectivity index (χ4n) is 1.29. The first-order valence-electron chi connectivity index (χ1n) is 4.22. The van der Waals surface area contributed by atoms with E-state index in [1.807, 2.05) is 32.2 Å². The van der Waals surface area contributed by atoms with Gasteiger partial charge >= 0.3 is 0 Å². The van der Waals surface area contributed by atoms with Gasteiger partial charge in [0.05, 0.1) is 23.8 Å². The monoisotopic (exact) mass is 180 g/mol. The third-order valence-corrected chi connectivity index (χ3v) is 1.99. The maximum Gasteiger partial charge on any atom is 0.0613 e. The molecule has 1 aromatic heterocycles. The lowest BCUT2D eigenvalue weighted by Crippen LogP contribution is -2.15. The van der Waals surface area contributed by atoms with Crippen molar-refractivity contribution in [2.24, 2.45) is 5.73 Å². The predicted octanol–water partition coefficient (Wildman–Crippen LogP) is 0.648. The third-order valence-electron chi connectivity index (χ3n) is 1.99. The smallest absolute Gasteiger partial charge is 0.0613 e. The van der Waals surface area contributed by atoms with Gasteiger partial charge in [0.15, 0.2) is 0 Å².